The summed E-state index contributed by atoms with van der Waals surface area (Å²) in [5.41, 5.74) is 2.84. The number of hydrogen-bond donors (Lipinski definition) is 2. The van der Waals surface area contributed by atoms with E-state index in [0.717, 1.165) is 21.3 Å². The summed E-state index contributed by atoms with van der Waals surface area (Å²) < 4.78 is 12.7. The Morgan fingerprint density at radius 2 is 1.66 bits per heavy atom. The number of phenolic OH excluding ortho intramolecular Hbond substituents is 1. The lowest BCUT2D eigenvalue weighted by Crippen LogP contribution is -2.04. The molecule has 2 N–H and O–H groups in total. The monoisotopic (exact) mass is 495 g/mol. The van der Waals surface area contributed by atoms with Gasteiger partial charge in [0.05, 0.1) is 16.7 Å². The van der Waals surface area contributed by atoms with E-state index in [4.69, 9.17) is 32.7 Å². The summed E-state index contributed by atoms with van der Waals surface area (Å²) in [7, 11) is 0. The molecule has 0 aromatic heterocycles. The first-order chi connectivity index (χ1) is 14.0. The van der Waals surface area contributed by atoms with E-state index in [1.807, 2.05) is 37.3 Å². The van der Waals surface area contributed by atoms with Crippen LogP contribution in [-0.2, 0) is 13.2 Å². The van der Waals surface area contributed by atoms with Crippen molar-refractivity contribution in [2.45, 2.75) is 20.1 Å². The first kappa shape index (κ1) is 21.6. The molecule has 152 valence electrons. The van der Waals surface area contributed by atoms with E-state index >= 15 is 0 Å². The SMILES string of the molecule is CCOc1cc(CNc2ccc(O)cc2)c(Br)cc1OCc1ccc(Cl)c(Cl)c1. The Labute approximate surface area is 188 Å². The number of benzene rings is 3. The summed E-state index contributed by atoms with van der Waals surface area (Å²) in [5, 5.41) is 13.7. The van der Waals surface area contributed by atoms with Crippen molar-refractivity contribution in [3.05, 3.63) is 80.2 Å². The van der Waals surface area contributed by atoms with Crippen LogP contribution in [-0.4, -0.2) is 11.7 Å². The molecule has 0 aliphatic carbocycles. The number of rotatable bonds is 8. The fraction of sp³-hybridized carbons (Fsp3) is 0.182. The highest BCUT2D eigenvalue weighted by Gasteiger charge is 2.12. The summed E-state index contributed by atoms with van der Waals surface area (Å²) in [5.74, 6) is 1.54. The summed E-state index contributed by atoms with van der Waals surface area (Å²) in [4.78, 5) is 0. The average molecular weight is 497 g/mol. The molecule has 7 heteroatoms. The number of nitrogens with one attached hydrogen (secondary N) is 1. The smallest absolute Gasteiger partial charge is 0.162 e. The maximum Gasteiger partial charge on any atom is 0.162 e. The molecule has 0 spiro atoms. The molecule has 0 saturated carbocycles. The third-order valence-electron chi connectivity index (χ3n) is 4.14. The van der Waals surface area contributed by atoms with Crippen LogP contribution in [0, 0.1) is 0 Å². The van der Waals surface area contributed by atoms with E-state index < -0.39 is 0 Å². The number of aromatic hydroxyl groups is 1. The highest BCUT2D eigenvalue weighted by molar-refractivity contribution is 9.10. The van der Waals surface area contributed by atoms with Crippen molar-refractivity contribution in [2.24, 2.45) is 0 Å². The minimum absolute atomic E-state index is 0.235. The fourth-order valence-corrected chi connectivity index (χ4v) is 3.44. The van der Waals surface area contributed by atoms with Crippen LogP contribution in [0.4, 0.5) is 5.69 Å². The van der Waals surface area contributed by atoms with Crippen molar-refractivity contribution < 1.29 is 14.6 Å². The van der Waals surface area contributed by atoms with Gasteiger partial charge in [0.25, 0.3) is 0 Å². The van der Waals surface area contributed by atoms with Gasteiger partial charge in [0.1, 0.15) is 12.4 Å². The molecular weight excluding hydrogens is 477 g/mol. The Morgan fingerprint density at radius 1 is 0.931 bits per heavy atom. The summed E-state index contributed by atoms with van der Waals surface area (Å²) in [6.45, 7) is 3.38. The molecule has 3 aromatic carbocycles. The Balaban J connectivity index is 1.74. The highest BCUT2D eigenvalue weighted by atomic mass is 79.9. The van der Waals surface area contributed by atoms with E-state index in [1.165, 1.54) is 0 Å². The minimum atomic E-state index is 0.235. The lowest BCUT2D eigenvalue weighted by atomic mass is 10.2. The zero-order chi connectivity index (χ0) is 20.8. The maximum atomic E-state index is 9.39. The molecule has 0 fully saturated rings. The summed E-state index contributed by atoms with van der Waals surface area (Å²) in [6, 6.07) is 16.2. The minimum Gasteiger partial charge on any atom is -0.508 e. The molecule has 4 nitrogen and oxygen atoms in total. The third-order valence-corrected chi connectivity index (χ3v) is 5.62. The number of phenols is 1. The molecule has 0 saturated heterocycles. The summed E-state index contributed by atoms with van der Waals surface area (Å²) >= 11 is 15.7. The van der Waals surface area contributed by atoms with Gasteiger partial charge < -0.3 is 19.9 Å². The Kier molecular flexibility index (Phi) is 7.53. The Hall–Kier alpha value is -2.08. The number of anilines is 1. The molecular formula is C22H20BrCl2NO3. The van der Waals surface area contributed by atoms with Crippen molar-refractivity contribution >= 4 is 44.8 Å². The quantitative estimate of drug-likeness (QED) is 0.328. The van der Waals surface area contributed by atoms with E-state index in [2.05, 4.69) is 21.2 Å². The molecule has 0 aliphatic heterocycles. The van der Waals surface area contributed by atoms with Crippen molar-refractivity contribution in [1.29, 1.82) is 0 Å². The van der Waals surface area contributed by atoms with Crippen molar-refractivity contribution in [3.63, 3.8) is 0 Å². The lowest BCUT2D eigenvalue weighted by Gasteiger charge is -2.16. The largest absolute Gasteiger partial charge is 0.508 e. The van der Waals surface area contributed by atoms with Gasteiger partial charge in [-0.15, -0.1) is 0 Å². The van der Waals surface area contributed by atoms with Crippen molar-refractivity contribution in [3.8, 4) is 17.2 Å². The fourth-order valence-electron chi connectivity index (χ4n) is 2.66. The first-order valence-electron chi connectivity index (χ1n) is 9.01. The number of ether oxygens (including phenoxy) is 2. The van der Waals surface area contributed by atoms with Gasteiger partial charge >= 0.3 is 0 Å². The predicted octanol–water partition coefficient (Wildman–Crippen LogP) is 7.05. The Morgan fingerprint density at radius 3 is 2.34 bits per heavy atom. The summed E-state index contributed by atoms with van der Waals surface area (Å²) in [6.07, 6.45) is 0. The third kappa shape index (κ3) is 5.95. The van der Waals surface area contributed by atoms with Crippen LogP contribution >= 0.6 is 39.1 Å². The molecule has 0 heterocycles. The molecule has 0 aliphatic rings. The van der Waals surface area contributed by atoms with E-state index in [-0.39, 0.29) is 5.75 Å². The zero-order valence-electron chi connectivity index (χ0n) is 15.7. The van der Waals surface area contributed by atoms with Crippen LogP contribution < -0.4 is 14.8 Å². The van der Waals surface area contributed by atoms with Gasteiger partial charge in [0.15, 0.2) is 11.5 Å². The van der Waals surface area contributed by atoms with E-state index in [0.29, 0.717) is 41.3 Å². The van der Waals surface area contributed by atoms with Crippen molar-refractivity contribution in [1.82, 2.24) is 0 Å². The van der Waals surface area contributed by atoms with E-state index in [1.54, 1.807) is 24.3 Å². The van der Waals surface area contributed by atoms with Gasteiger partial charge in [0.2, 0.25) is 0 Å². The second-order valence-corrected chi connectivity index (χ2v) is 7.93. The molecule has 29 heavy (non-hydrogen) atoms. The zero-order valence-corrected chi connectivity index (χ0v) is 18.8. The maximum absolute atomic E-state index is 9.39. The molecule has 0 bridgehead atoms. The lowest BCUT2D eigenvalue weighted by molar-refractivity contribution is 0.269. The van der Waals surface area contributed by atoms with Crippen LogP contribution in [0.5, 0.6) is 17.2 Å². The predicted molar refractivity (Wildman–Crippen MR) is 122 cm³/mol. The number of hydrogen-bond acceptors (Lipinski definition) is 4. The standard InChI is InChI=1S/C22H20BrCl2NO3/c1-2-28-21-10-15(12-26-16-4-6-17(27)7-5-16)18(23)11-22(21)29-13-14-3-8-19(24)20(25)9-14/h3-11,26-27H,2,12-13H2,1H3. The Bertz CT molecular complexity index is 981. The molecule has 0 atom stereocenters. The van der Waals surface area contributed by atoms with Crippen LogP contribution in [0.3, 0.4) is 0 Å². The van der Waals surface area contributed by atoms with Crippen LogP contribution in [0.1, 0.15) is 18.1 Å². The molecule has 3 aromatic rings. The van der Waals surface area contributed by atoms with Gasteiger partial charge in [-0.1, -0.05) is 45.2 Å². The molecule has 0 unspecified atom stereocenters. The average Bonchev–Trinajstić information content (AvgIpc) is 2.70. The van der Waals surface area contributed by atoms with Gasteiger partial charge in [-0.25, -0.2) is 0 Å². The molecule has 3 rings (SSSR count). The molecule has 0 radical (unpaired) electrons. The van der Waals surface area contributed by atoms with Crippen LogP contribution in [0.2, 0.25) is 10.0 Å². The van der Waals surface area contributed by atoms with Gasteiger partial charge in [0, 0.05) is 16.7 Å². The van der Waals surface area contributed by atoms with Gasteiger partial charge in [-0.3, -0.25) is 0 Å². The second-order valence-electron chi connectivity index (χ2n) is 6.26. The first-order valence-corrected chi connectivity index (χ1v) is 10.6. The topological polar surface area (TPSA) is 50.7 Å². The van der Waals surface area contributed by atoms with E-state index in [9.17, 15) is 5.11 Å². The normalized spacial score (nSPS) is 10.6. The van der Waals surface area contributed by atoms with Gasteiger partial charge in [-0.05, 0) is 66.6 Å². The highest BCUT2D eigenvalue weighted by Crippen LogP contribution is 2.35. The van der Waals surface area contributed by atoms with Gasteiger partial charge in [-0.2, -0.15) is 0 Å². The number of halogens is 3. The van der Waals surface area contributed by atoms with Crippen LogP contribution in [0.25, 0.3) is 0 Å². The van der Waals surface area contributed by atoms with Crippen molar-refractivity contribution in [2.75, 3.05) is 11.9 Å². The molecule has 0 amide bonds. The second kappa shape index (κ2) is 10.1. The van der Waals surface area contributed by atoms with Crippen LogP contribution in [0.15, 0.2) is 59.1 Å².